The van der Waals surface area contributed by atoms with Gasteiger partial charge >= 0.3 is 6.03 Å². The molecule has 1 aliphatic heterocycles. The van der Waals surface area contributed by atoms with Gasteiger partial charge in [0, 0.05) is 50.1 Å². The molecule has 0 aliphatic carbocycles. The summed E-state index contributed by atoms with van der Waals surface area (Å²) in [5, 5.41) is 3.85. The average Bonchev–Trinajstić information content (AvgIpc) is 3.06. The molecule has 146 valence electrons. The summed E-state index contributed by atoms with van der Waals surface area (Å²) < 4.78 is 7.41. The van der Waals surface area contributed by atoms with Crippen LogP contribution in [-0.2, 0) is 18.3 Å². The van der Waals surface area contributed by atoms with E-state index in [1.165, 1.54) is 0 Å². The molecule has 1 aliphatic rings. The van der Waals surface area contributed by atoms with Crippen LogP contribution in [0.2, 0.25) is 10.0 Å². The first kappa shape index (κ1) is 20.0. The van der Waals surface area contributed by atoms with E-state index in [0.717, 1.165) is 38.5 Å². The summed E-state index contributed by atoms with van der Waals surface area (Å²) in [4.78, 5) is 17.0. The van der Waals surface area contributed by atoms with Gasteiger partial charge in [-0.1, -0.05) is 23.2 Å². The Balaban J connectivity index is 1.68. The topological polar surface area (TPSA) is 49.7 Å². The van der Waals surface area contributed by atoms with E-state index in [1.807, 2.05) is 29.9 Å². The quantitative estimate of drug-likeness (QED) is 0.789. The van der Waals surface area contributed by atoms with Crippen LogP contribution in [0, 0.1) is 0 Å². The van der Waals surface area contributed by atoms with Gasteiger partial charge in [0.25, 0.3) is 0 Å². The number of carbonyl (C=O) groups excluding carboxylic acids is 1. The van der Waals surface area contributed by atoms with Gasteiger partial charge in [-0.15, -0.1) is 0 Å². The van der Waals surface area contributed by atoms with Crippen LogP contribution in [0.3, 0.4) is 0 Å². The van der Waals surface area contributed by atoms with E-state index in [1.54, 1.807) is 23.1 Å². The fourth-order valence-electron chi connectivity index (χ4n) is 2.98. The Hall–Kier alpha value is -1.73. The van der Waals surface area contributed by atoms with Crippen molar-refractivity contribution in [2.24, 2.45) is 7.05 Å². The number of halogens is 2. The fourth-order valence-corrected chi connectivity index (χ4v) is 3.44. The van der Waals surface area contributed by atoms with Crippen molar-refractivity contribution in [2.75, 3.05) is 44.7 Å². The van der Waals surface area contributed by atoms with Crippen LogP contribution >= 0.6 is 23.2 Å². The highest BCUT2D eigenvalue weighted by molar-refractivity contribution is 6.36. The van der Waals surface area contributed by atoms with E-state index in [-0.39, 0.29) is 6.03 Å². The van der Waals surface area contributed by atoms with Crippen molar-refractivity contribution in [3.05, 3.63) is 52.3 Å². The number of hydrogen-bond donors (Lipinski definition) is 1. The summed E-state index contributed by atoms with van der Waals surface area (Å²) >= 11 is 12.1. The van der Waals surface area contributed by atoms with Crippen molar-refractivity contribution >= 4 is 34.9 Å². The zero-order valence-electron chi connectivity index (χ0n) is 15.3. The first-order chi connectivity index (χ1) is 13.0. The first-order valence-electron chi connectivity index (χ1n) is 8.94. The van der Waals surface area contributed by atoms with Crippen LogP contribution in [0.25, 0.3) is 0 Å². The third-order valence-corrected chi connectivity index (χ3v) is 5.20. The van der Waals surface area contributed by atoms with Crippen molar-refractivity contribution in [1.29, 1.82) is 0 Å². The highest BCUT2D eigenvalue weighted by atomic mass is 35.5. The van der Waals surface area contributed by atoms with Gasteiger partial charge in [-0.25, -0.2) is 4.79 Å². The lowest BCUT2D eigenvalue weighted by molar-refractivity contribution is 0.0348. The number of aryl methyl sites for hydroxylation is 1. The van der Waals surface area contributed by atoms with Gasteiger partial charge in [-0.05, 0) is 30.3 Å². The van der Waals surface area contributed by atoms with Crippen molar-refractivity contribution < 1.29 is 9.53 Å². The highest BCUT2D eigenvalue weighted by Crippen LogP contribution is 2.25. The molecule has 1 aromatic carbocycles. The zero-order valence-corrected chi connectivity index (χ0v) is 16.8. The first-order valence-corrected chi connectivity index (χ1v) is 9.70. The number of amides is 2. The average molecular weight is 411 g/mol. The van der Waals surface area contributed by atoms with Crippen molar-refractivity contribution in [1.82, 2.24) is 14.4 Å². The molecule has 27 heavy (non-hydrogen) atoms. The van der Waals surface area contributed by atoms with Crippen LogP contribution in [0.5, 0.6) is 0 Å². The second kappa shape index (κ2) is 9.46. The van der Waals surface area contributed by atoms with Gasteiger partial charge in [0.15, 0.2) is 0 Å². The Morgan fingerprint density at radius 2 is 2.04 bits per heavy atom. The molecular weight excluding hydrogens is 387 g/mol. The number of morpholine rings is 1. The number of benzene rings is 1. The minimum Gasteiger partial charge on any atom is -0.379 e. The number of aromatic nitrogens is 1. The molecule has 0 atom stereocenters. The molecule has 0 saturated carbocycles. The lowest BCUT2D eigenvalue weighted by Crippen LogP contribution is -2.44. The summed E-state index contributed by atoms with van der Waals surface area (Å²) in [6.07, 6.45) is 1.98. The molecule has 1 N–H and O–H groups in total. The van der Waals surface area contributed by atoms with Gasteiger partial charge in [0.2, 0.25) is 0 Å². The molecule has 2 aromatic rings. The molecule has 1 aromatic heterocycles. The molecule has 2 amide bonds. The normalized spacial score (nSPS) is 14.9. The largest absolute Gasteiger partial charge is 0.379 e. The number of anilines is 1. The van der Waals surface area contributed by atoms with Crippen LogP contribution in [0.1, 0.15) is 5.69 Å². The number of rotatable bonds is 6. The predicted octanol–water partition coefficient (Wildman–Crippen LogP) is 3.70. The van der Waals surface area contributed by atoms with Gasteiger partial charge in [-0.2, -0.15) is 0 Å². The molecule has 0 unspecified atom stereocenters. The molecule has 8 heteroatoms. The Bertz CT molecular complexity index is 775. The molecule has 6 nitrogen and oxygen atoms in total. The monoisotopic (exact) mass is 410 g/mol. The summed E-state index contributed by atoms with van der Waals surface area (Å²) in [5.74, 6) is 0. The van der Waals surface area contributed by atoms with E-state index in [9.17, 15) is 4.79 Å². The third kappa shape index (κ3) is 5.62. The Kier molecular flexibility index (Phi) is 7.01. The maximum Gasteiger partial charge on any atom is 0.322 e. The summed E-state index contributed by atoms with van der Waals surface area (Å²) in [6, 6.07) is 8.85. The molecule has 0 bridgehead atoms. The molecule has 3 rings (SSSR count). The standard InChI is InChI=1S/C19H24Cl2N4O2/c1-23-6-2-3-16(23)14-25(8-7-24-9-11-27-12-10-24)19(26)22-18-5-4-15(20)13-17(18)21/h2-6,13H,7-12,14H2,1H3,(H,22,26). The summed E-state index contributed by atoms with van der Waals surface area (Å²) in [6.45, 7) is 5.20. The second-order valence-corrected chi connectivity index (χ2v) is 7.38. The number of urea groups is 1. The van der Waals surface area contributed by atoms with E-state index in [0.29, 0.717) is 28.8 Å². The highest BCUT2D eigenvalue weighted by Gasteiger charge is 2.19. The molecular formula is C19H24Cl2N4O2. The Morgan fingerprint density at radius 3 is 2.70 bits per heavy atom. The maximum absolute atomic E-state index is 12.9. The van der Waals surface area contributed by atoms with E-state index < -0.39 is 0 Å². The van der Waals surface area contributed by atoms with E-state index in [2.05, 4.69) is 10.2 Å². The number of nitrogens with one attached hydrogen (secondary N) is 1. The fraction of sp³-hybridized carbons (Fsp3) is 0.421. The SMILES string of the molecule is Cn1cccc1CN(CCN1CCOCC1)C(=O)Nc1ccc(Cl)cc1Cl. The minimum absolute atomic E-state index is 0.186. The Morgan fingerprint density at radius 1 is 1.26 bits per heavy atom. The van der Waals surface area contributed by atoms with E-state index in [4.69, 9.17) is 27.9 Å². The molecule has 2 heterocycles. The third-order valence-electron chi connectivity index (χ3n) is 4.65. The molecule has 0 spiro atoms. The van der Waals surface area contributed by atoms with Crippen molar-refractivity contribution in [3.8, 4) is 0 Å². The van der Waals surface area contributed by atoms with Gasteiger partial charge in [0.1, 0.15) is 0 Å². The number of ether oxygens (including phenoxy) is 1. The Labute approximate surface area is 169 Å². The van der Waals surface area contributed by atoms with Crippen LogP contribution in [-0.4, -0.2) is 59.8 Å². The smallest absolute Gasteiger partial charge is 0.322 e. The number of nitrogens with zero attached hydrogens (tertiary/aromatic N) is 3. The van der Waals surface area contributed by atoms with Gasteiger partial charge < -0.3 is 19.5 Å². The van der Waals surface area contributed by atoms with Crippen molar-refractivity contribution in [2.45, 2.75) is 6.54 Å². The molecule has 1 fully saturated rings. The van der Waals surface area contributed by atoms with Gasteiger partial charge in [0.05, 0.1) is 30.5 Å². The molecule has 1 saturated heterocycles. The van der Waals surface area contributed by atoms with Crippen molar-refractivity contribution in [3.63, 3.8) is 0 Å². The van der Waals surface area contributed by atoms with E-state index >= 15 is 0 Å². The van der Waals surface area contributed by atoms with Crippen LogP contribution in [0.4, 0.5) is 10.5 Å². The number of hydrogen-bond acceptors (Lipinski definition) is 3. The summed E-state index contributed by atoms with van der Waals surface area (Å²) in [7, 11) is 1.98. The van der Waals surface area contributed by atoms with Crippen LogP contribution in [0.15, 0.2) is 36.5 Å². The minimum atomic E-state index is -0.186. The predicted molar refractivity (Wildman–Crippen MR) is 109 cm³/mol. The lowest BCUT2D eigenvalue weighted by Gasteiger charge is -2.30. The maximum atomic E-state index is 12.9. The second-order valence-electron chi connectivity index (χ2n) is 6.54. The zero-order chi connectivity index (χ0) is 19.2. The van der Waals surface area contributed by atoms with Crippen LogP contribution < -0.4 is 5.32 Å². The number of carbonyl (C=O) groups is 1. The molecule has 0 radical (unpaired) electrons. The van der Waals surface area contributed by atoms with Gasteiger partial charge in [-0.3, -0.25) is 4.90 Å². The lowest BCUT2D eigenvalue weighted by atomic mass is 10.3. The summed E-state index contributed by atoms with van der Waals surface area (Å²) in [5.41, 5.74) is 1.61.